The topological polar surface area (TPSA) is 44.1 Å². The predicted molar refractivity (Wildman–Crippen MR) is 76.3 cm³/mol. The number of ether oxygens (including phenoxy) is 1. The number of methoxy groups -OCH3 is 1. The number of hydrogen-bond donors (Lipinski definition) is 0. The molecular formula is C15H26N2O2. The summed E-state index contributed by atoms with van der Waals surface area (Å²) in [5.74, 6) is -0.304. The second kappa shape index (κ2) is 8.73. The SMILES string of the molecule is CCCCCCCC(CC)n1nccc1C(=O)OC. The molecule has 108 valence electrons. The lowest BCUT2D eigenvalue weighted by Crippen LogP contribution is -2.17. The molecule has 1 unspecified atom stereocenters. The highest BCUT2D eigenvalue weighted by molar-refractivity contribution is 5.87. The lowest BCUT2D eigenvalue weighted by Gasteiger charge is -2.17. The molecule has 0 aliphatic carbocycles. The molecule has 1 aromatic heterocycles. The number of hydrogen-bond acceptors (Lipinski definition) is 3. The van der Waals surface area contributed by atoms with Crippen LogP contribution in [-0.4, -0.2) is 22.9 Å². The molecule has 19 heavy (non-hydrogen) atoms. The van der Waals surface area contributed by atoms with E-state index in [2.05, 4.69) is 18.9 Å². The van der Waals surface area contributed by atoms with Crippen molar-refractivity contribution in [3.05, 3.63) is 18.0 Å². The van der Waals surface area contributed by atoms with Crippen LogP contribution in [0.1, 0.15) is 75.3 Å². The quantitative estimate of drug-likeness (QED) is 0.501. The molecule has 0 spiro atoms. The molecule has 0 aliphatic heterocycles. The highest BCUT2D eigenvalue weighted by Gasteiger charge is 2.18. The fraction of sp³-hybridized carbons (Fsp3) is 0.733. The van der Waals surface area contributed by atoms with Gasteiger partial charge in [0.1, 0.15) is 5.69 Å². The number of carbonyl (C=O) groups is 1. The average molecular weight is 266 g/mol. The molecule has 4 heteroatoms. The van der Waals surface area contributed by atoms with E-state index in [9.17, 15) is 4.79 Å². The summed E-state index contributed by atoms with van der Waals surface area (Å²) in [6, 6.07) is 2.02. The summed E-state index contributed by atoms with van der Waals surface area (Å²) in [5, 5.41) is 4.29. The van der Waals surface area contributed by atoms with Crippen LogP contribution in [0, 0.1) is 0 Å². The van der Waals surface area contributed by atoms with Crippen LogP contribution in [0.2, 0.25) is 0 Å². The Balaban J connectivity index is 2.55. The summed E-state index contributed by atoms with van der Waals surface area (Å²) in [7, 11) is 1.41. The Morgan fingerprint density at radius 3 is 2.68 bits per heavy atom. The first-order chi connectivity index (χ1) is 9.24. The zero-order valence-corrected chi connectivity index (χ0v) is 12.4. The monoisotopic (exact) mass is 266 g/mol. The maximum atomic E-state index is 11.6. The molecule has 0 amide bonds. The van der Waals surface area contributed by atoms with Crippen molar-refractivity contribution in [1.82, 2.24) is 9.78 Å². The lowest BCUT2D eigenvalue weighted by molar-refractivity contribution is 0.0582. The minimum Gasteiger partial charge on any atom is -0.464 e. The summed E-state index contributed by atoms with van der Waals surface area (Å²) in [5.41, 5.74) is 0.558. The smallest absolute Gasteiger partial charge is 0.356 e. The summed E-state index contributed by atoms with van der Waals surface area (Å²) < 4.78 is 6.61. The largest absolute Gasteiger partial charge is 0.464 e. The second-order valence-corrected chi connectivity index (χ2v) is 4.92. The molecule has 1 atom stereocenters. The van der Waals surface area contributed by atoms with Crippen LogP contribution in [0.5, 0.6) is 0 Å². The van der Waals surface area contributed by atoms with Crippen LogP contribution < -0.4 is 0 Å². The second-order valence-electron chi connectivity index (χ2n) is 4.92. The molecule has 0 bridgehead atoms. The maximum absolute atomic E-state index is 11.6. The van der Waals surface area contributed by atoms with Gasteiger partial charge in [-0.25, -0.2) is 4.79 Å². The van der Waals surface area contributed by atoms with Gasteiger partial charge < -0.3 is 4.74 Å². The Morgan fingerprint density at radius 1 is 1.32 bits per heavy atom. The van der Waals surface area contributed by atoms with Gasteiger partial charge in [-0.15, -0.1) is 0 Å². The molecule has 0 radical (unpaired) electrons. The van der Waals surface area contributed by atoms with Gasteiger partial charge in [0, 0.05) is 6.20 Å². The van der Waals surface area contributed by atoms with Crippen molar-refractivity contribution in [3.63, 3.8) is 0 Å². The predicted octanol–water partition coefficient (Wildman–Crippen LogP) is 3.98. The van der Waals surface area contributed by atoms with Crippen molar-refractivity contribution in [2.75, 3.05) is 7.11 Å². The minimum absolute atomic E-state index is 0.297. The Labute approximate surface area is 116 Å². The highest BCUT2D eigenvalue weighted by Crippen LogP contribution is 2.21. The molecule has 1 heterocycles. The van der Waals surface area contributed by atoms with E-state index in [1.807, 2.05) is 4.68 Å². The molecule has 0 fully saturated rings. The first-order valence-corrected chi connectivity index (χ1v) is 7.36. The Kier molecular flexibility index (Phi) is 7.23. The number of rotatable bonds is 9. The van der Waals surface area contributed by atoms with Gasteiger partial charge in [0.2, 0.25) is 0 Å². The van der Waals surface area contributed by atoms with Gasteiger partial charge in [0.05, 0.1) is 13.2 Å². The molecule has 0 aromatic carbocycles. The fourth-order valence-electron chi connectivity index (χ4n) is 2.35. The van der Waals surface area contributed by atoms with E-state index in [1.165, 1.54) is 39.2 Å². The molecule has 0 aliphatic rings. The van der Waals surface area contributed by atoms with E-state index in [0.29, 0.717) is 11.7 Å². The fourth-order valence-corrected chi connectivity index (χ4v) is 2.35. The van der Waals surface area contributed by atoms with Crippen LogP contribution in [-0.2, 0) is 4.74 Å². The van der Waals surface area contributed by atoms with Gasteiger partial charge in [-0.05, 0) is 18.9 Å². The van der Waals surface area contributed by atoms with Crippen LogP contribution in [0.3, 0.4) is 0 Å². The number of nitrogens with zero attached hydrogens (tertiary/aromatic N) is 2. The van der Waals surface area contributed by atoms with E-state index in [1.54, 1.807) is 12.3 Å². The van der Waals surface area contributed by atoms with E-state index >= 15 is 0 Å². The van der Waals surface area contributed by atoms with Gasteiger partial charge in [0.15, 0.2) is 0 Å². The van der Waals surface area contributed by atoms with E-state index in [4.69, 9.17) is 4.74 Å². The van der Waals surface area contributed by atoms with Gasteiger partial charge in [-0.2, -0.15) is 5.10 Å². The van der Waals surface area contributed by atoms with Crippen molar-refractivity contribution in [2.24, 2.45) is 0 Å². The Morgan fingerprint density at radius 2 is 2.05 bits per heavy atom. The summed E-state index contributed by atoms with van der Waals surface area (Å²) in [6.45, 7) is 4.36. The summed E-state index contributed by atoms with van der Waals surface area (Å²) >= 11 is 0. The minimum atomic E-state index is -0.304. The third kappa shape index (κ3) is 4.69. The van der Waals surface area contributed by atoms with Crippen molar-refractivity contribution in [3.8, 4) is 0 Å². The Hall–Kier alpha value is -1.32. The van der Waals surface area contributed by atoms with E-state index in [0.717, 1.165) is 12.8 Å². The van der Waals surface area contributed by atoms with Crippen LogP contribution in [0.4, 0.5) is 0 Å². The highest BCUT2D eigenvalue weighted by atomic mass is 16.5. The van der Waals surface area contributed by atoms with Crippen molar-refractivity contribution in [2.45, 2.75) is 64.8 Å². The van der Waals surface area contributed by atoms with Crippen molar-refractivity contribution in [1.29, 1.82) is 0 Å². The van der Waals surface area contributed by atoms with Crippen LogP contribution in [0.25, 0.3) is 0 Å². The zero-order chi connectivity index (χ0) is 14.1. The van der Waals surface area contributed by atoms with Gasteiger partial charge in [-0.1, -0.05) is 46.0 Å². The zero-order valence-electron chi connectivity index (χ0n) is 12.4. The average Bonchev–Trinajstić information content (AvgIpc) is 2.91. The van der Waals surface area contributed by atoms with Crippen LogP contribution in [0.15, 0.2) is 12.3 Å². The maximum Gasteiger partial charge on any atom is 0.356 e. The molecule has 1 aromatic rings. The normalized spacial score (nSPS) is 12.4. The summed E-state index contributed by atoms with van der Waals surface area (Å²) in [4.78, 5) is 11.6. The van der Waals surface area contributed by atoms with Crippen molar-refractivity contribution < 1.29 is 9.53 Å². The number of carbonyl (C=O) groups excluding carboxylic acids is 1. The van der Waals surface area contributed by atoms with Crippen LogP contribution >= 0.6 is 0 Å². The van der Waals surface area contributed by atoms with E-state index < -0.39 is 0 Å². The third-order valence-corrected chi connectivity index (χ3v) is 3.52. The molecule has 0 N–H and O–H groups in total. The van der Waals surface area contributed by atoms with Crippen molar-refractivity contribution >= 4 is 5.97 Å². The lowest BCUT2D eigenvalue weighted by atomic mass is 10.0. The number of unbranched alkanes of at least 4 members (excludes halogenated alkanes) is 4. The molecule has 0 saturated carbocycles. The summed E-state index contributed by atoms with van der Waals surface area (Å²) in [6.07, 6.45) is 10.1. The standard InChI is InChI=1S/C15H26N2O2/c1-4-6-7-8-9-10-13(5-2)17-14(11-12-16-17)15(18)19-3/h11-13H,4-10H2,1-3H3. The van der Waals surface area contributed by atoms with Gasteiger partial charge in [0.25, 0.3) is 0 Å². The van der Waals surface area contributed by atoms with Gasteiger partial charge in [-0.3, -0.25) is 4.68 Å². The Bertz CT molecular complexity index is 374. The third-order valence-electron chi connectivity index (χ3n) is 3.52. The molecule has 1 rings (SSSR count). The first kappa shape index (κ1) is 15.7. The number of esters is 1. The first-order valence-electron chi connectivity index (χ1n) is 7.36. The molecular weight excluding hydrogens is 240 g/mol. The van der Waals surface area contributed by atoms with Gasteiger partial charge >= 0.3 is 5.97 Å². The van der Waals surface area contributed by atoms with E-state index in [-0.39, 0.29) is 5.97 Å². The molecule has 0 saturated heterocycles. The number of aromatic nitrogens is 2. The molecule has 4 nitrogen and oxygen atoms in total.